The molecule has 1 fully saturated rings. The predicted molar refractivity (Wildman–Crippen MR) is 51.4 cm³/mol. The number of aliphatic carboxylic acids is 1. The third-order valence-electron chi connectivity index (χ3n) is 3.38. The summed E-state index contributed by atoms with van der Waals surface area (Å²) in [5, 5.41) is 8.73. The van der Waals surface area contributed by atoms with Crippen molar-refractivity contribution in [2.75, 3.05) is 0 Å². The third-order valence-corrected chi connectivity index (χ3v) is 3.38. The van der Waals surface area contributed by atoms with Crippen molar-refractivity contribution >= 4 is 5.97 Å². The smallest absolute Gasteiger partial charge is 0.320 e. The quantitative estimate of drug-likeness (QED) is 0.701. The van der Waals surface area contributed by atoms with Crippen LogP contribution in [0.5, 0.6) is 0 Å². The first-order valence-electron chi connectivity index (χ1n) is 5.08. The summed E-state index contributed by atoms with van der Waals surface area (Å²) in [5.74, 6) is -0.861. The lowest BCUT2D eigenvalue weighted by Crippen LogP contribution is -2.36. The monoisotopic (exact) mass is 185 g/mol. The van der Waals surface area contributed by atoms with Crippen LogP contribution in [0.25, 0.3) is 0 Å². The first kappa shape index (κ1) is 10.5. The molecule has 0 aromatic rings. The van der Waals surface area contributed by atoms with Gasteiger partial charge in [0.2, 0.25) is 0 Å². The Morgan fingerprint density at radius 1 is 1.54 bits per heavy atom. The maximum atomic E-state index is 10.6. The molecule has 3 nitrogen and oxygen atoms in total. The van der Waals surface area contributed by atoms with Crippen molar-refractivity contribution < 1.29 is 9.90 Å². The molecule has 0 aliphatic heterocycles. The molecular formula is C10H19NO2. The van der Waals surface area contributed by atoms with E-state index in [2.05, 4.69) is 6.92 Å². The van der Waals surface area contributed by atoms with E-state index in [0.29, 0.717) is 6.42 Å². The van der Waals surface area contributed by atoms with Crippen molar-refractivity contribution in [1.29, 1.82) is 0 Å². The first-order valence-corrected chi connectivity index (χ1v) is 5.08. The van der Waals surface area contributed by atoms with Crippen LogP contribution in [0, 0.1) is 5.41 Å². The number of hydrogen-bond donors (Lipinski definition) is 2. The van der Waals surface area contributed by atoms with Gasteiger partial charge in [0.25, 0.3) is 0 Å². The standard InChI is InChI=1S/C10H19NO2/c1-2-10(5-3-4-6-10)7-8(11)9(12)13/h8H,2-7,11H2,1H3,(H,12,13). The summed E-state index contributed by atoms with van der Waals surface area (Å²) in [6.45, 7) is 2.14. The van der Waals surface area contributed by atoms with E-state index in [4.69, 9.17) is 10.8 Å². The molecular weight excluding hydrogens is 166 g/mol. The van der Waals surface area contributed by atoms with Gasteiger partial charge >= 0.3 is 5.97 Å². The first-order chi connectivity index (χ1) is 6.09. The highest BCUT2D eigenvalue weighted by Crippen LogP contribution is 2.44. The van der Waals surface area contributed by atoms with Crippen LogP contribution >= 0.6 is 0 Å². The summed E-state index contributed by atoms with van der Waals surface area (Å²) in [6.07, 6.45) is 6.50. The molecule has 1 unspecified atom stereocenters. The summed E-state index contributed by atoms with van der Waals surface area (Å²) in [4.78, 5) is 10.6. The van der Waals surface area contributed by atoms with Crippen molar-refractivity contribution in [3.05, 3.63) is 0 Å². The molecule has 0 spiro atoms. The summed E-state index contributed by atoms with van der Waals surface area (Å²) in [5.41, 5.74) is 5.79. The van der Waals surface area contributed by atoms with Gasteiger partial charge in [-0.25, -0.2) is 0 Å². The van der Waals surface area contributed by atoms with E-state index in [9.17, 15) is 4.79 Å². The maximum Gasteiger partial charge on any atom is 0.320 e. The zero-order chi connectivity index (χ0) is 9.90. The molecule has 0 radical (unpaired) electrons. The molecule has 1 rings (SSSR count). The van der Waals surface area contributed by atoms with E-state index < -0.39 is 12.0 Å². The summed E-state index contributed by atoms with van der Waals surface area (Å²) in [6, 6.07) is -0.668. The van der Waals surface area contributed by atoms with Crippen molar-refractivity contribution in [2.24, 2.45) is 11.1 Å². The van der Waals surface area contributed by atoms with Gasteiger partial charge in [-0.05, 0) is 24.7 Å². The van der Waals surface area contributed by atoms with E-state index in [1.165, 1.54) is 12.8 Å². The van der Waals surface area contributed by atoms with E-state index in [0.717, 1.165) is 19.3 Å². The fraction of sp³-hybridized carbons (Fsp3) is 0.900. The second-order valence-corrected chi connectivity index (χ2v) is 4.21. The van der Waals surface area contributed by atoms with Crippen molar-refractivity contribution in [3.63, 3.8) is 0 Å². The molecule has 0 amide bonds. The Hall–Kier alpha value is -0.570. The predicted octanol–water partition coefficient (Wildman–Crippen LogP) is 1.76. The average molecular weight is 185 g/mol. The molecule has 0 bridgehead atoms. The second kappa shape index (κ2) is 4.09. The van der Waals surface area contributed by atoms with Crippen LogP contribution in [0.2, 0.25) is 0 Å². The highest BCUT2D eigenvalue weighted by molar-refractivity contribution is 5.73. The van der Waals surface area contributed by atoms with Crippen LogP contribution in [0.15, 0.2) is 0 Å². The number of carbonyl (C=O) groups is 1. The fourth-order valence-electron chi connectivity index (χ4n) is 2.38. The zero-order valence-corrected chi connectivity index (χ0v) is 8.25. The Morgan fingerprint density at radius 2 is 2.08 bits per heavy atom. The van der Waals surface area contributed by atoms with Gasteiger partial charge in [0.15, 0.2) is 0 Å². The van der Waals surface area contributed by atoms with Gasteiger partial charge in [0.1, 0.15) is 6.04 Å². The Balaban J connectivity index is 2.52. The summed E-state index contributed by atoms with van der Waals surface area (Å²) in [7, 11) is 0. The number of rotatable bonds is 4. The van der Waals surface area contributed by atoms with E-state index in [1.54, 1.807) is 0 Å². The summed E-state index contributed by atoms with van der Waals surface area (Å²) < 4.78 is 0. The van der Waals surface area contributed by atoms with Gasteiger partial charge in [0.05, 0.1) is 0 Å². The molecule has 3 N–H and O–H groups in total. The molecule has 13 heavy (non-hydrogen) atoms. The van der Waals surface area contributed by atoms with Crippen LogP contribution in [-0.4, -0.2) is 17.1 Å². The van der Waals surface area contributed by atoms with Crippen molar-refractivity contribution in [1.82, 2.24) is 0 Å². The molecule has 1 aliphatic rings. The van der Waals surface area contributed by atoms with Gasteiger partial charge < -0.3 is 10.8 Å². The maximum absolute atomic E-state index is 10.6. The second-order valence-electron chi connectivity index (χ2n) is 4.21. The summed E-state index contributed by atoms with van der Waals surface area (Å²) >= 11 is 0. The topological polar surface area (TPSA) is 63.3 Å². The van der Waals surface area contributed by atoms with Crippen LogP contribution in [0.1, 0.15) is 45.4 Å². The lowest BCUT2D eigenvalue weighted by atomic mass is 9.78. The van der Waals surface area contributed by atoms with Crippen molar-refractivity contribution in [2.45, 2.75) is 51.5 Å². The number of carboxylic acids is 1. The Labute approximate surface area is 79.3 Å². The molecule has 1 saturated carbocycles. The van der Waals surface area contributed by atoms with E-state index in [-0.39, 0.29) is 5.41 Å². The Bertz CT molecular complexity index is 185. The van der Waals surface area contributed by atoms with Crippen LogP contribution in [-0.2, 0) is 4.79 Å². The van der Waals surface area contributed by atoms with Gasteiger partial charge in [-0.15, -0.1) is 0 Å². The Morgan fingerprint density at radius 3 is 2.46 bits per heavy atom. The molecule has 0 heterocycles. The van der Waals surface area contributed by atoms with Crippen LogP contribution in [0.3, 0.4) is 0 Å². The minimum Gasteiger partial charge on any atom is -0.480 e. The third kappa shape index (κ3) is 2.44. The SMILES string of the molecule is CCC1(CC(N)C(=O)O)CCCC1. The van der Waals surface area contributed by atoms with Crippen LogP contribution in [0.4, 0.5) is 0 Å². The minimum absolute atomic E-state index is 0.234. The molecule has 0 saturated heterocycles. The lowest BCUT2D eigenvalue weighted by molar-refractivity contribution is -0.139. The van der Waals surface area contributed by atoms with Gasteiger partial charge in [-0.1, -0.05) is 26.2 Å². The fourth-order valence-corrected chi connectivity index (χ4v) is 2.38. The molecule has 76 valence electrons. The van der Waals surface area contributed by atoms with Gasteiger partial charge in [-0.2, -0.15) is 0 Å². The number of carboxylic acid groups (broad SMARTS) is 1. The molecule has 1 aliphatic carbocycles. The number of hydrogen-bond acceptors (Lipinski definition) is 2. The van der Waals surface area contributed by atoms with Crippen molar-refractivity contribution in [3.8, 4) is 0 Å². The molecule has 1 atom stereocenters. The largest absolute Gasteiger partial charge is 0.480 e. The van der Waals surface area contributed by atoms with E-state index >= 15 is 0 Å². The highest BCUT2D eigenvalue weighted by Gasteiger charge is 2.35. The minimum atomic E-state index is -0.861. The Kier molecular flexibility index (Phi) is 3.31. The van der Waals surface area contributed by atoms with E-state index in [1.807, 2.05) is 0 Å². The zero-order valence-electron chi connectivity index (χ0n) is 8.25. The van der Waals surface area contributed by atoms with Gasteiger partial charge in [0, 0.05) is 0 Å². The van der Waals surface area contributed by atoms with Gasteiger partial charge in [-0.3, -0.25) is 4.79 Å². The normalized spacial score (nSPS) is 22.9. The molecule has 0 aromatic carbocycles. The van der Waals surface area contributed by atoms with Crippen LogP contribution < -0.4 is 5.73 Å². The average Bonchev–Trinajstić information content (AvgIpc) is 2.54. The lowest BCUT2D eigenvalue weighted by Gasteiger charge is -2.28. The molecule has 3 heteroatoms. The highest BCUT2D eigenvalue weighted by atomic mass is 16.4. The molecule has 0 aromatic heterocycles. The number of nitrogens with two attached hydrogens (primary N) is 1.